The van der Waals surface area contributed by atoms with E-state index in [1.54, 1.807) is 6.92 Å². The summed E-state index contributed by atoms with van der Waals surface area (Å²) in [6, 6.07) is 10.3. The predicted octanol–water partition coefficient (Wildman–Crippen LogP) is 8.88. The normalized spacial score (nSPS) is 14.9. The van der Waals surface area contributed by atoms with Crippen LogP contribution in [0.4, 0.5) is 4.79 Å². The number of hydrogen-bond donors (Lipinski definition) is 1. The molecule has 1 N–H and O–H groups in total. The second-order valence-corrected chi connectivity index (χ2v) is 11.7. The third kappa shape index (κ3) is 15.8. The van der Waals surface area contributed by atoms with Gasteiger partial charge in [0.05, 0.1) is 24.8 Å². The highest BCUT2D eigenvalue weighted by Gasteiger charge is 2.34. The lowest BCUT2D eigenvalue weighted by molar-refractivity contribution is 0.0275. The van der Waals surface area contributed by atoms with Crippen molar-refractivity contribution in [2.75, 3.05) is 19.0 Å². The van der Waals surface area contributed by atoms with Crippen molar-refractivity contribution >= 4 is 25.3 Å². The molecule has 0 fully saturated rings. The zero-order chi connectivity index (χ0) is 25.8. The maximum atomic E-state index is 12.2. The van der Waals surface area contributed by atoms with Crippen LogP contribution in [0, 0.1) is 0 Å². The minimum atomic E-state index is -4.50. The number of carbonyl (C=O) groups excluding carboxylic acids is 1. The Hall–Kier alpha value is -0.850. The van der Waals surface area contributed by atoms with Crippen molar-refractivity contribution in [3.05, 3.63) is 35.9 Å². The fourth-order valence-electron chi connectivity index (χ4n) is 3.81. The molecule has 0 heterocycles. The van der Waals surface area contributed by atoms with E-state index in [1.807, 2.05) is 18.2 Å². The zero-order valence-electron chi connectivity index (χ0n) is 22.0. The van der Waals surface area contributed by atoms with Crippen LogP contribution in [0.5, 0.6) is 0 Å². The number of rotatable bonds is 22. The number of unbranched alkanes of at least 4 members (excludes halogenated alkanes) is 8. The molecule has 202 valence electrons. The van der Waals surface area contributed by atoms with Crippen LogP contribution < -0.4 is 0 Å². The first kappa shape index (κ1) is 32.2. The largest absolute Gasteiger partial charge is 0.437 e. The lowest BCUT2D eigenvalue weighted by Crippen LogP contribution is -2.17. The highest BCUT2D eigenvalue weighted by molar-refractivity contribution is 7.95. The molecule has 3 unspecified atom stereocenters. The van der Waals surface area contributed by atoms with Crippen molar-refractivity contribution < 1.29 is 27.7 Å². The number of carbonyl (C=O) groups is 1. The van der Waals surface area contributed by atoms with Crippen molar-refractivity contribution in [2.45, 2.75) is 110 Å². The van der Waals surface area contributed by atoms with E-state index in [4.69, 9.17) is 13.4 Å². The molecular weight excluding hydrogens is 483 g/mol. The summed E-state index contributed by atoms with van der Waals surface area (Å²) >= 11 is 0.913. The van der Waals surface area contributed by atoms with Crippen molar-refractivity contribution in [1.29, 1.82) is 0 Å². The molecule has 8 heteroatoms. The average molecular weight is 531 g/mol. The van der Waals surface area contributed by atoms with Gasteiger partial charge in [-0.1, -0.05) is 102 Å². The summed E-state index contributed by atoms with van der Waals surface area (Å²) < 4.78 is 27.8. The summed E-state index contributed by atoms with van der Waals surface area (Å²) in [5.74, 6) is 0.922. The summed E-state index contributed by atoms with van der Waals surface area (Å²) in [6.07, 6.45) is 13.5. The van der Waals surface area contributed by atoms with Crippen LogP contribution >= 0.6 is 19.6 Å². The smallest absolute Gasteiger partial charge is 0.382 e. The maximum absolute atomic E-state index is 12.2. The third-order valence-corrected chi connectivity index (χ3v) is 7.82. The van der Waals surface area contributed by atoms with Crippen molar-refractivity contribution in [2.24, 2.45) is 0 Å². The topological polar surface area (TPSA) is 82.1 Å². The summed E-state index contributed by atoms with van der Waals surface area (Å²) in [6.45, 7) is 6.61. The van der Waals surface area contributed by atoms with Gasteiger partial charge in [0, 0.05) is 12.4 Å². The fraction of sp³-hybridized carbons (Fsp3) is 0.741. The molecule has 3 atom stereocenters. The second kappa shape index (κ2) is 20.2. The van der Waals surface area contributed by atoms with Gasteiger partial charge in [0.2, 0.25) is 0 Å². The van der Waals surface area contributed by atoms with Gasteiger partial charge >= 0.3 is 13.3 Å². The van der Waals surface area contributed by atoms with Gasteiger partial charge in [0.15, 0.2) is 0 Å². The molecule has 0 bridgehead atoms. The Morgan fingerprint density at radius 3 is 2.23 bits per heavy atom. The molecule has 35 heavy (non-hydrogen) atoms. The standard InChI is InChI=1S/C27H47O6PS/c1-4-6-8-9-10-11-12-16-21-31-24(3)23-32-34(29,30)27(28)33-35-22-20-26(17-7-5-2)25-18-14-13-15-19-25/h13-15,18-19,24,26H,4-12,16-17,20-23H2,1-3H3,(H,29,30). The Kier molecular flexibility index (Phi) is 18.6. The van der Waals surface area contributed by atoms with Gasteiger partial charge in [0.1, 0.15) is 0 Å². The van der Waals surface area contributed by atoms with Gasteiger partial charge in [0.25, 0.3) is 0 Å². The van der Waals surface area contributed by atoms with E-state index in [0.717, 1.165) is 50.6 Å². The van der Waals surface area contributed by atoms with E-state index in [-0.39, 0.29) is 12.7 Å². The lowest BCUT2D eigenvalue weighted by Gasteiger charge is -2.17. The van der Waals surface area contributed by atoms with E-state index in [0.29, 0.717) is 18.3 Å². The molecule has 0 aliphatic rings. The summed E-state index contributed by atoms with van der Waals surface area (Å²) in [7, 11) is -4.50. The fourth-order valence-corrected chi connectivity index (χ4v) is 5.43. The SMILES string of the molecule is CCCCCCCCCCOC(C)COP(=O)(O)C(=O)OSCCC(CCCC)c1ccccc1. The molecule has 1 rings (SSSR count). The molecule has 0 aliphatic heterocycles. The summed E-state index contributed by atoms with van der Waals surface area (Å²) in [4.78, 5) is 22.0. The molecule has 6 nitrogen and oxygen atoms in total. The van der Waals surface area contributed by atoms with Crippen molar-refractivity contribution in [3.63, 3.8) is 0 Å². The van der Waals surface area contributed by atoms with Gasteiger partial charge in [-0.25, -0.2) is 9.36 Å². The Morgan fingerprint density at radius 2 is 1.57 bits per heavy atom. The van der Waals surface area contributed by atoms with Crippen molar-refractivity contribution in [3.8, 4) is 0 Å². The van der Waals surface area contributed by atoms with Crippen LogP contribution in [0.1, 0.15) is 109 Å². The summed E-state index contributed by atoms with van der Waals surface area (Å²) in [5.41, 5.74) is 0.0487. The molecular formula is C27H47O6PS. The quantitative estimate of drug-likeness (QED) is 0.0910. The van der Waals surface area contributed by atoms with E-state index in [2.05, 4.69) is 26.0 Å². The monoisotopic (exact) mass is 530 g/mol. The van der Waals surface area contributed by atoms with Gasteiger partial charge in [-0.05, 0) is 37.7 Å². The van der Waals surface area contributed by atoms with Gasteiger partial charge in [-0.3, -0.25) is 4.52 Å². The van der Waals surface area contributed by atoms with Crippen LogP contribution in [-0.2, 0) is 18.0 Å². The minimum Gasteiger partial charge on any atom is -0.382 e. The maximum Gasteiger partial charge on any atom is 0.437 e. The van der Waals surface area contributed by atoms with Crippen molar-refractivity contribution in [1.82, 2.24) is 0 Å². The molecule has 0 amide bonds. The highest BCUT2D eigenvalue weighted by Crippen LogP contribution is 2.45. The first-order chi connectivity index (χ1) is 16.9. The van der Waals surface area contributed by atoms with E-state index < -0.39 is 13.3 Å². The van der Waals surface area contributed by atoms with Gasteiger partial charge in [-0.2, -0.15) is 0 Å². The number of hydrogen-bond acceptors (Lipinski definition) is 6. The van der Waals surface area contributed by atoms with Crippen LogP contribution in [0.3, 0.4) is 0 Å². The molecule has 1 aromatic rings. The van der Waals surface area contributed by atoms with E-state index in [9.17, 15) is 14.3 Å². The molecule has 0 aromatic heterocycles. The molecule has 0 aliphatic carbocycles. The van der Waals surface area contributed by atoms with Gasteiger partial charge in [-0.15, -0.1) is 0 Å². The molecule has 0 saturated carbocycles. The predicted molar refractivity (Wildman–Crippen MR) is 146 cm³/mol. The Labute approximate surface area is 217 Å². The zero-order valence-corrected chi connectivity index (χ0v) is 23.7. The third-order valence-electron chi connectivity index (χ3n) is 5.97. The molecule has 1 aromatic carbocycles. The van der Waals surface area contributed by atoms with Crippen LogP contribution in [-0.4, -0.2) is 35.7 Å². The minimum absolute atomic E-state index is 0.127. The Bertz CT molecular complexity index is 702. The van der Waals surface area contributed by atoms with E-state index in [1.165, 1.54) is 44.1 Å². The lowest BCUT2D eigenvalue weighted by atomic mass is 9.91. The molecule has 0 saturated heterocycles. The molecule has 0 spiro atoms. The number of ether oxygens (including phenoxy) is 1. The van der Waals surface area contributed by atoms with Crippen LogP contribution in [0.15, 0.2) is 30.3 Å². The first-order valence-corrected chi connectivity index (χ1v) is 15.9. The Morgan fingerprint density at radius 1 is 0.943 bits per heavy atom. The summed E-state index contributed by atoms with van der Waals surface area (Å²) in [5, 5.41) is 0. The van der Waals surface area contributed by atoms with Gasteiger partial charge < -0.3 is 13.8 Å². The first-order valence-electron chi connectivity index (χ1n) is 13.4. The second-order valence-electron chi connectivity index (χ2n) is 9.18. The number of benzene rings is 1. The van der Waals surface area contributed by atoms with E-state index >= 15 is 0 Å². The van der Waals surface area contributed by atoms with Crippen LogP contribution in [0.25, 0.3) is 0 Å². The Balaban J connectivity index is 2.20. The van der Waals surface area contributed by atoms with Crippen LogP contribution in [0.2, 0.25) is 0 Å². The highest BCUT2D eigenvalue weighted by atomic mass is 32.2. The molecule has 0 radical (unpaired) electrons. The average Bonchev–Trinajstić information content (AvgIpc) is 2.86.